The first kappa shape index (κ1) is 18.2. The third kappa shape index (κ3) is 4.94. The Balaban J connectivity index is 1.44. The van der Waals surface area contributed by atoms with Gasteiger partial charge in [-0.25, -0.2) is 5.43 Å². The van der Waals surface area contributed by atoms with E-state index in [0.29, 0.717) is 11.4 Å². The maximum Gasteiger partial charge on any atom is 0.240 e. The molecule has 0 unspecified atom stereocenters. The van der Waals surface area contributed by atoms with Gasteiger partial charge in [-0.1, -0.05) is 18.2 Å². The van der Waals surface area contributed by atoms with Gasteiger partial charge in [0.1, 0.15) is 5.75 Å². The summed E-state index contributed by atoms with van der Waals surface area (Å²) in [4.78, 5) is 26.9. The van der Waals surface area contributed by atoms with E-state index in [1.165, 1.54) is 0 Å². The Kier molecular flexibility index (Phi) is 5.84. The number of amides is 2. The minimum absolute atomic E-state index is 0.0488. The molecular weight excluding hydrogens is 344 g/mol. The molecule has 3 N–H and O–H groups in total. The Morgan fingerprint density at radius 2 is 1.81 bits per heavy atom. The molecule has 1 heterocycles. The van der Waals surface area contributed by atoms with Crippen LogP contribution >= 0.6 is 0 Å². The monoisotopic (exact) mass is 364 g/mol. The molecular formula is C20H20N4O3. The molecule has 138 valence electrons. The maximum atomic E-state index is 11.9. The van der Waals surface area contributed by atoms with E-state index in [0.717, 1.165) is 16.5 Å². The highest BCUT2D eigenvalue weighted by Gasteiger charge is 2.07. The lowest BCUT2D eigenvalue weighted by Crippen LogP contribution is -2.20. The number of hydrogen-bond acceptors (Lipinski definition) is 4. The predicted octanol–water partition coefficient (Wildman–Crippen LogP) is 3.05. The van der Waals surface area contributed by atoms with Gasteiger partial charge >= 0.3 is 0 Å². The van der Waals surface area contributed by atoms with E-state index in [-0.39, 0.29) is 24.7 Å². The standard InChI is InChI=1S/C20H20N4O3/c1-27-16-8-6-15(7-9-16)23-19(25)10-11-20(26)24-22-13-14-12-21-18-5-3-2-4-17(14)18/h2-9,12-13,21H,10-11H2,1H3,(H,23,25)(H,24,26)/b22-13+. The Morgan fingerprint density at radius 1 is 1.07 bits per heavy atom. The van der Waals surface area contributed by atoms with Crippen molar-refractivity contribution in [1.29, 1.82) is 0 Å². The van der Waals surface area contributed by atoms with Crippen LogP contribution in [0.4, 0.5) is 5.69 Å². The number of rotatable bonds is 7. The van der Waals surface area contributed by atoms with Crippen molar-refractivity contribution in [2.75, 3.05) is 12.4 Å². The van der Waals surface area contributed by atoms with Crippen LogP contribution in [0.25, 0.3) is 10.9 Å². The number of hydrogen-bond donors (Lipinski definition) is 3. The summed E-state index contributed by atoms with van der Waals surface area (Å²) >= 11 is 0. The normalized spacial score (nSPS) is 10.9. The molecule has 0 aliphatic carbocycles. The fourth-order valence-electron chi connectivity index (χ4n) is 2.56. The summed E-state index contributed by atoms with van der Waals surface area (Å²) in [6.07, 6.45) is 3.52. The smallest absolute Gasteiger partial charge is 0.240 e. The summed E-state index contributed by atoms with van der Waals surface area (Å²) in [6, 6.07) is 14.8. The van der Waals surface area contributed by atoms with Crippen LogP contribution in [0, 0.1) is 0 Å². The van der Waals surface area contributed by atoms with Crippen molar-refractivity contribution in [3.8, 4) is 5.75 Å². The van der Waals surface area contributed by atoms with Crippen LogP contribution in [0.3, 0.4) is 0 Å². The number of ether oxygens (including phenoxy) is 1. The summed E-state index contributed by atoms with van der Waals surface area (Å²) in [6.45, 7) is 0. The molecule has 0 radical (unpaired) electrons. The van der Waals surface area contributed by atoms with Gasteiger partial charge in [-0.2, -0.15) is 5.10 Å². The average molecular weight is 364 g/mol. The summed E-state index contributed by atoms with van der Waals surface area (Å²) in [5.41, 5.74) is 4.97. The number of carbonyl (C=O) groups excluding carboxylic acids is 2. The molecule has 3 rings (SSSR count). The van der Waals surface area contributed by atoms with Gasteiger partial charge in [-0.3, -0.25) is 9.59 Å². The largest absolute Gasteiger partial charge is 0.497 e. The Bertz CT molecular complexity index is 961. The second-order valence-corrected chi connectivity index (χ2v) is 5.86. The van der Waals surface area contributed by atoms with Crippen LogP contribution in [-0.2, 0) is 9.59 Å². The lowest BCUT2D eigenvalue weighted by Gasteiger charge is -2.06. The number of carbonyl (C=O) groups is 2. The molecule has 1 aromatic heterocycles. The van der Waals surface area contributed by atoms with Crippen molar-refractivity contribution < 1.29 is 14.3 Å². The number of nitrogens with one attached hydrogen (secondary N) is 3. The van der Waals surface area contributed by atoms with Crippen LogP contribution < -0.4 is 15.5 Å². The third-order valence-electron chi connectivity index (χ3n) is 3.97. The van der Waals surface area contributed by atoms with E-state index in [1.807, 2.05) is 30.5 Å². The minimum Gasteiger partial charge on any atom is -0.497 e. The number of hydrazone groups is 1. The van der Waals surface area contributed by atoms with Crippen LogP contribution in [0.2, 0.25) is 0 Å². The highest BCUT2D eigenvalue weighted by Crippen LogP contribution is 2.16. The minimum atomic E-state index is -0.323. The number of aromatic amines is 1. The quantitative estimate of drug-likeness (QED) is 0.444. The molecule has 0 atom stereocenters. The van der Waals surface area contributed by atoms with E-state index < -0.39 is 0 Å². The third-order valence-corrected chi connectivity index (χ3v) is 3.97. The Hall–Kier alpha value is -3.61. The zero-order chi connectivity index (χ0) is 19.1. The molecule has 2 aromatic carbocycles. The Labute approximate surface area is 156 Å². The molecule has 7 heteroatoms. The predicted molar refractivity (Wildman–Crippen MR) is 105 cm³/mol. The van der Waals surface area contributed by atoms with Gasteiger partial charge in [-0.15, -0.1) is 0 Å². The number of methoxy groups -OCH3 is 1. The van der Waals surface area contributed by atoms with Gasteiger partial charge in [0.25, 0.3) is 0 Å². The summed E-state index contributed by atoms with van der Waals surface area (Å²) in [7, 11) is 1.58. The lowest BCUT2D eigenvalue weighted by atomic mass is 10.2. The summed E-state index contributed by atoms with van der Waals surface area (Å²) in [5.74, 6) is 0.146. The number of aromatic nitrogens is 1. The second-order valence-electron chi connectivity index (χ2n) is 5.86. The van der Waals surface area contributed by atoms with Gasteiger partial charge in [0, 0.05) is 41.2 Å². The molecule has 0 bridgehead atoms. The van der Waals surface area contributed by atoms with Gasteiger partial charge in [0.15, 0.2) is 0 Å². The molecule has 27 heavy (non-hydrogen) atoms. The molecule has 0 saturated carbocycles. The van der Waals surface area contributed by atoms with Crippen LogP contribution in [0.15, 0.2) is 59.8 Å². The molecule has 0 spiro atoms. The molecule has 3 aromatic rings. The van der Waals surface area contributed by atoms with Crippen LogP contribution in [0.1, 0.15) is 18.4 Å². The van der Waals surface area contributed by atoms with Gasteiger partial charge in [0.05, 0.1) is 13.3 Å². The Morgan fingerprint density at radius 3 is 2.59 bits per heavy atom. The number of H-pyrrole nitrogens is 1. The first-order chi connectivity index (χ1) is 13.2. The average Bonchev–Trinajstić information content (AvgIpc) is 3.10. The molecule has 0 aliphatic heterocycles. The van der Waals surface area contributed by atoms with E-state index in [1.54, 1.807) is 37.6 Å². The van der Waals surface area contributed by atoms with Crippen molar-refractivity contribution in [3.63, 3.8) is 0 Å². The van der Waals surface area contributed by atoms with Crippen molar-refractivity contribution in [2.45, 2.75) is 12.8 Å². The van der Waals surface area contributed by atoms with E-state index >= 15 is 0 Å². The first-order valence-corrected chi connectivity index (χ1v) is 8.47. The van der Waals surface area contributed by atoms with Crippen molar-refractivity contribution in [3.05, 3.63) is 60.3 Å². The summed E-state index contributed by atoms with van der Waals surface area (Å²) < 4.78 is 5.06. The number of anilines is 1. The summed E-state index contributed by atoms with van der Waals surface area (Å²) in [5, 5.41) is 7.71. The second kappa shape index (κ2) is 8.66. The fraction of sp³-hybridized carbons (Fsp3) is 0.150. The molecule has 7 nitrogen and oxygen atoms in total. The van der Waals surface area contributed by atoms with Gasteiger partial charge < -0.3 is 15.0 Å². The van der Waals surface area contributed by atoms with Crippen molar-refractivity contribution >= 4 is 34.6 Å². The van der Waals surface area contributed by atoms with Gasteiger partial charge in [-0.05, 0) is 30.3 Å². The maximum absolute atomic E-state index is 11.9. The number of nitrogens with zero attached hydrogens (tertiary/aromatic N) is 1. The number of benzene rings is 2. The fourth-order valence-corrected chi connectivity index (χ4v) is 2.56. The SMILES string of the molecule is COc1ccc(NC(=O)CCC(=O)N/N=C/c2c[nH]c3ccccc23)cc1. The molecule has 0 aliphatic rings. The lowest BCUT2D eigenvalue weighted by molar-refractivity contribution is -0.124. The van der Waals surface area contributed by atoms with Crippen molar-refractivity contribution in [1.82, 2.24) is 10.4 Å². The number of fused-ring (bicyclic) bond motifs is 1. The highest BCUT2D eigenvalue weighted by molar-refractivity contribution is 5.99. The topological polar surface area (TPSA) is 95.6 Å². The van der Waals surface area contributed by atoms with Crippen LogP contribution in [0.5, 0.6) is 5.75 Å². The number of para-hydroxylation sites is 1. The van der Waals surface area contributed by atoms with E-state index in [9.17, 15) is 9.59 Å². The molecule has 2 amide bonds. The molecule has 0 fully saturated rings. The van der Waals surface area contributed by atoms with E-state index in [4.69, 9.17) is 4.74 Å². The van der Waals surface area contributed by atoms with Crippen LogP contribution in [-0.4, -0.2) is 30.1 Å². The highest BCUT2D eigenvalue weighted by atomic mass is 16.5. The zero-order valence-electron chi connectivity index (χ0n) is 14.9. The first-order valence-electron chi connectivity index (χ1n) is 8.47. The van der Waals surface area contributed by atoms with E-state index in [2.05, 4.69) is 20.8 Å². The van der Waals surface area contributed by atoms with Crippen molar-refractivity contribution in [2.24, 2.45) is 5.10 Å². The van der Waals surface area contributed by atoms with Gasteiger partial charge in [0.2, 0.25) is 11.8 Å². The zero-order valence-corrected chi connectivity index (χ0v) is 14.9. The molecule has 0 saturated heterocycles.